The van der Waals surface area contributed by atoms with E-state index in [0.717, 1.165) is 12.1 Å². The van der Waals surface area contributed by atoms with E-state index in [2.05, 4.69) is 10.5 Å². The maximum atomic E-state index is 13.1. The molecule has 0 saturated carbocycles. The van der Waals surface area contributed by atoms with Crippen molar-refractivity contribution in [3.8, 4) is 11.5 Å². The zero-order valence-corrected chi connectivity index (χ0v) is 14.0. The largest absolute Gasteiger partial charge is 0.493 e. The molecule has 0 saturated heterocycles. The second-order valence-corrected chi connectivity index (χ2v) is 5.40. The zero-order valence-electron chi connectivity index (χ0n) is 14.0. The molecule has 2 rings (SSSR count). The van der Waals surface area contributed by atoms with Crippen molar-refractivity contribution < 1.29 is 23.0 Å². The lowest BCUT2D eigenvalue weighted by Gasteiger charge is -2.14. The average molecular weight is 348 g/mol. The third-order valence-corrected chi connectivity index (χ3v) is 3.11. The molecule has 0 atom stereocenters. The minimum atomic E-state index is -0.985. The highest BCUT2D eigenvalue weighted by atomic mass is 19.2. The zero-order chi connectivity index (χ0) is 18.4. The van der Waals surface area contributed by atoms with Gasteiger partial charge in [0.25, 0.3) is 5.91 Å². The number of nitrogens with zero attached hydrogens (tertiary/aromatic N) is 1. The van der Waals surface area contributed by atoms with Crippen LogP contribution < -0.4 is 14.9 Å². The van der Waals surface area contributed by atoms with Crippen LogP contribution in [-0.4, -0.2) is 25.3 Å². The Hall–Kier alpha value is -2.96. The Kier molecular flexibility index (Phi) is 6.05. The van der Waals surface area contributed by atoms with Crippen molar-refractivity contribution in [1.82, 2.24) is 5.43 Å². The van der Waals surface area contributed by atoms with Crippen molar-refractivity contribution in [2.45, 2.75) is 20.0 Å². The van der Waals surface area contributed by atoms with Crippen molar-refractivity contribution in [3.05, 3.63) is 59.2 Å². The van der Waals surface area contributed by atoms with E-state index in [-0.39, 0.29) is 6.10 Å². The minimum absolute atomic E-state index is 0.0331. The van der Waals surface area contributed by atoms with Gasteiger partial charge in [0.05, 0.1) is 19.4 Å². The predicted molar refractivity (Wildman–Crippen MR) is 90.2 cm³/mol. The fraction of sp³-hybridized carbons (Fsp3) is 0.222. The highest BCUT2D eigenvalue weighted by molar-refractivity contribution is 5.95. The molecule has 0 aliphatic rings. The summed E-state index contributed by atoms with van der Waals surface area (Å²) in [6, 6.07) is 8.04. The van der Waals surface area contributed by atoms with Gasteiger partial charge in [-0.3, -0.25) is 4.79 Å². The highest BCUT2D eigenvalue weighted by Gasteiger charge is 2.11. The van der Waals surface area contributed by atoms with Crippen LogP contribution in [0.25, 0.3) is 0 Å². The average Bonchev–Trinajstić information content (AvgIpc) is 2.57. The fourth-order valence-corrected chi connectivity index (χ4v) is 1.98. The molecule has 0 aromatic heterocycles. The van der Waals surface area contributed by atoms with Gasteiger partial charge in [0.2, 0.25) is 0 Å². The number of ether oxygens (including phenoxy) is 2. The molecule has 25 heavy (non-hydrogen) atoms. The number of methoxy groups -OCH3 is 1. The molecule has 0 bridgehead atoms. The summed E-state index contributed by atoms with van der Waals surface area (Å²) in [6.07, 6.45) is 1.18. The van der Waals surface area contributed by atoms with Crippen molar-refractivity contribution >= 4 is 12.1 Å². The molecule has 2 aromatic carbocycles. The third kappa shape index (κ3) is 5.00. The minimum Gasteiger partial charge on any atom is -0.493 e. The molecule has 7 heteroatoms. The van der Waals surface area contributed by atoms with Crippen LogP contribution in [0.4, 0.5) is 8.78 Å². The van der Waals surface area contributed by atoms with Crippen LogP contribution in [0.3, 0.4) is 0 Å². The Morgan fingerprint density at radius 2 is 1.88 bits per heavy atom. The van der Waals surface area contributed by atoms with E-state index in [4.69, 9.17) is 9.47 Å². The molecular weight excluding hydrogens is 330 g/mol. The predicted octanol–water partition coefficient (Wildman–Crippen LogP) is 3.52. The third-order valence-electron chi connectivity index (χ3n) is 3.11. The molecule has 0 aliphatic carbocycles. The van der Waals surface area contributed by atoms with Gasteiger partial charge >= 0.3 is 0 Å². The van der Waals surface area contributed by atoms with Crippen LogP contribution in [-0.2, 0) is 0 Å². The normalized spacial score (nSPS) is 11.0. The molecule has 1 N–H and O–H groups in total. The van der Waals surface area contributed by atoms with E-state index in [1.807, 2.05) is 13.8 Å². The molecule has 0 unspecified atom stereocenters. The number of benzene rings is 2. The van der Waals surface area contributed by atoms with Gasteiger partial charge in [-0.05, 0) is 49.7 Å². The molecule has 2 aromatic rings. The fourth-order valence-electron chi connectivity index (χ4n) is 1.98. The van der Waals surface area contributed by atoms with E-state index in [9.17, 15) is 13.6 Å². The summed E-state index contributed by atoms with van der Waals surface area (Å²) in [5, 5.41) is 3.73. The molecule has 0 fully saturated rings. The van der Waals surface area contributed by atoms with Gasteiger partial charge < -0.3 is 9.47 Å². The van der Waals surface area contributed by atoms with Crippen molar-refractivity contribution in [2.24, 2.45) is 5.10 Å². The quantitative estimate of drug-likeness (QED) is 0.642. The van der Waals surface area contributed by atoms with Crippen molar-refractivity contribution in [1.29, 1.82) is 0 Å². The van der Waals surface area contributed by atoms with E-state index in [0.29, 0.717) is 22.6 Å². The first-order chi connectivity index (χ1) is 11.9. The first kappa shape index (κ1) is 18.4. The van der Waals surface area contributed by atoms with Gasteiger partial charge in [-0.1, -0.05) is 6.07 Å². The number of carbonyl (C=O) groups excluding carboxylic acids is 1. The second kappa shape index (κ2) is 8.23. The van der Waals surface area contributed by atoms with E-state index < -0.39 is 17.5 Å². The van der Waals surface area contributed by atoms with E-state index >= 15 is 0 Å². The van der Waals surface area contributed by atoms with Gasteiger partial charge in [0.15, 0.2) is 23.1 Å². The van der Waals surface area contributed by atoms with Crippen molar-refractivity contribution in [3.63, 3.8) is 0 Å². The lowest BCUT2D eigenvalue weighted by molar-refractivity contribution is 0.0954. The maximum Gasteiger partial charge on any atom is 0.271 e. The summed E-state index contributed by atoms with van der Waals surface area (Å²) in [7, 11) is 1.48. The number of hydrazone groups is 1. The van der Waals surface area contributed by atoms with Gasteiger partial charge in [0, 0.05) is 5.56 Å². The van der Waals surface area contributed by atoms with E-state index in [1.165, 1.54) is 25.5 Å². The number of halogens is 2. The van der Waals surface area contributed by atoms with Crippen LogP contribution in [0.15, 0.2) is 41.5 Å². The summed E-state index contributed by atoms with van der Waals surface area (Å²) in [5.41, 5.74) is 2.94. The molecule has 132 valence electrons. The number of hydrogen-bond acceptors (Lipinski definition) is 4. The SMILES string of the molecule is COc1cc(C(=O)N/N=C/c2ccc(F)c(F)c2)ccc1OC(C)C. The number of rotatable bonds is 6. The first-order valence-electron chi connectivity index (χ1n) is 7.54. The van der Waals surface area contributed by atoms with Gasteiger partial charge in [-0.25, -0.2) is 14.2 Å². The van der Waals surface area contributed by atoms with Crippen molar-refractivity contribution in [2.75, 3.05) is 7.11 Å². The number of amides is 1. The standard InChI is InChI=1S/C18H18F2N2O3/c1-11(2)25-16-7-5-13(9-17(16)24-3)18(23)22-21-10-12-4-6-14(19)15(20)8-12/h4-11H,1-3H3,(H,22,23)/b21-10+. The first-order valence-corrected chi connectivity index (χ1v) is 7.54. The number of nitrogens with one attached hydrogen (secondary N) is 1. The van der Waals surface area contributed by atoms with Crippen LogP contribution in [0.1, 0.15) is 29.8 Å². The molecule has 0 spiro atoms. The topological polar surface area (TPSA) is 59.9 Å². The smallest absolute Gasteiger partial charge is 0.271 e. The van der Waals surface area contributed by atoms with Gasteiger partial charge in [0.1, 0.15) is 0 Å². The van der Waals surface area contributed by atoms with Gasteiger partial charge in [-0.2, -0.15) is 5.10 Å². The molecule has 0 radical (unpaired) electrons. The number of carbonyl (C=O) groups is 1. The summed E-state index contributed by atoms with van der Waals surface area (Å²) in [5.74, 6) is -1.46. The number of hydrogen-bond donors (Lipinski definition) is 1. The van der Waals surface area contributed by atoms with Crippen LogP contribution in [0.5, 0.6) is 11.5 Å². The lowest BCUT2D eigenvalue weighted by Crippen LogP contribution is -2.18. The summed E-state index contributed by atoms with van der Waals surface area (Å²) in [4.78, 5) is 12.1. The summed E-state index contributed by atoms with van der Waals surface area (Å²) >= 11 is 0. The molecule has 0 aliphatic heterocycles. The molecule has 1 amide bonds. The highest BCUT2D eigenvalue weighted by Crippen LogP contribution is 2.28. The Morgan fingerprint density at radius 1 is 1.12 bits per heavy atom. The van der Waals surface area contributed by atoms with Crippen LogP contribution in [0, 0.1) is 11.6 Å². The summed E-state index contributed by atoms with van der Waals surface area (Å²) in [6.45, 7) is 3.76. The second-order valence-electron chi connectivity index (χ2n) is 5.40. The molecule has 5 nitrogen and oxygen atoms in total. The summed E-state index contributed by atoms with van der Waals surface area (Å²) < 4.78 is 36.7. The van der Waals surface area contributed by atoms with Crippen LogP contribution >= 0.6 is 0 Å². The Labute approximate surface area is 144 Å². The van der Waals surface area contributed by atoms with Crippen LogP contribution in [0.2, 0.25) is 0 Å². The van der Waals surface area contributed by atoms with E-state index in [1.54, 1.807) is 12.1 Å². The maximum absolute atomic E-state index is 13.1. The monoisotopic (exact) mass is 348 g/mol. The Morgan fingerprint density at radius 3 is 2.52 bits per heavy atom. The van der Waals surface area contributed by atoms with Gasteiger partial charge in [-0.15, -0.1) is 0 Å². The Balaban J connectivity index is 2.07. The Bertz CT molecular complexity index is 792. The molecule has 0 heterocycles. The lowest BCUT2D eigenvalue weighted by atomic mass is 10.2. The molecular formula is C18H18F2N2O3.